The Bertz CT molecular complexity index is 1610. The molecule has 3 heterocycles. The number of rotatable bonds is 5. The molecule has 2 aliphatic heterocycles. The minimum Gasteiger partial charge on any atom is -0.327 e. The van der Waals surface area contributed by atoms with Gasteiger partial charge in [-0.25, -0.2) is 13.4 Å². The van der Waals surface area contributed by atoms with Crippen molar-refractivity contribution in [2.45, 2.75) is 49.5 Å². The highest BCUT2D eigenvalue weighted by molar-refractivity contribution is 7.90. The minimum absolute atomic E-state index is 0.319. The Morgan fingerprint density at radius 3 is 2.02 bits per heavy atom. The standard InChI is InChI=1S/C33H40N4O2S/c1-23-21-28(22-31-32(23)34-33(36(31)3)27-9-11-30(12-10-27)40(4,38)39)25-7-5-24(6-8-25)26-13-19-37(20-14-26)29-15-17-35(2)18-16-29/h5-12,21-22,26,29H,13-20H2,1-4H3. The molecule has 0 saturated carbocycles. The minimum atomic E-state index is -3.23. The highest BCUT2D eigenvalue weighted by Gasteiger charge is 2.28. The summed E-state index contributed by atoms with van der Waals surface area (Å²) >= 11 is 0. The quantitative estimate of drug-likeness (QED) is 0.307. The lowest BCUT2D eigenvalue weighted by Crippen LogP contribution is -2.46. The van der Waals surface area contributed by atoms with Gasteiger partial charge in [-0.05, 0) is 130 Å². The van der Waals surface area contributed by atoms with Crippen molar-refractivity contribution < 1.29 is 8.42 Å². The third-order valence-electron chi connectivity index (χ3n) is 9.17. The molecule has 3 aromatic carbocycles. The van der Waals surface area contributed by atoms with Crippen LogP contribution < -0.4 is 0 Å². The number of nitrogens with zero attached hydrogens (tertiary/aromatic N) is 4. The van der Waals surface area contributed by atoms with E-state index in [9.17, 15) is 8.42 Å². The van der Waals surface area contributed by atoms with Gasteiger partial charge in [0.05, 0.1) is 15.9 Å². The van der Waals surface area contributed by atoms with E-state index < -0.39 is 9.84 Å². The maximum atomic E-state index is 11.9. The smallest absolute Gasteiger partial charge is 0.175 e. The zero-order chi connectivity index (χ0) is 28.0. The number of benzene rings is 3. The Balaban J connectivity index is 1.19. The molecule has 0 N–H and O–H groups in total. The average molecular weight is 557 g/mol. The van der Waals surface area contributed by atoms with Gasteiger partial charge in [-0.2, -0.15) is 0 Å². The molecule has 40 heavy (non-hydrogen) atoms. The first kappa shape index (κ1) is 27.2. The summed E-state index contributed by atoms with van der Waals surface area (Å²) in [4.78, 5) is 10.5. The Hall–Kier alpha value is -3.00. The van der Waals surface area contributed by atoms with Crippen LogP contribution >= 0.6 is 0 Å². The van der Waals surface area contributed by atoms with Crippen molar-refractivity contribution in [1.29, 1.82) is 0 Å². The van der Waals surface area contributed by atoms with Gasteiger partial charge in [-0.15, -0.1) is 0 Å². The number of hydrogen-bond acceptors (Lipinski definition) is 5. The van der Waals surface area contributed by atoms with Gasteiger partial charge in [-0.3, -0.25) is 0 Å². The lowest BCUT2D eigenvalue weighted by molar-refractivity contribution is 0.0966. The molecule has 1 aromatic heterocycles. The number of imidazole rings is 1. The number of fused-ring (bicyclic) bond motifs is 1. The number of sulfone groups is 1. The van der Waals surface area contributed by atoms with E-state index in [1.165, 1.54) is 74.8 Å². The molecular formula is C33H40N4O2S. The van der Waals surface area contributed by atoms with Crippen molar-refractivity contribution in [3.05, 3.63) is 71.8 Å². The Kier molecular flexibility index (Phi) is 7.32. The van der Waals surface area contributed by atoms with Gasteiger partial charge in [0.25, 0.3) is 0 Å². The molecule has 2 aliphatic rings. The molecule has 0 aliphatic carbocycles. The van der Waals surface area contributed by atoms with Gasteiger partial charge in [0.2, 0.25) is 0 Å². The van der Waals surface area contributed by atoms with Gasteiger partial charge in [-0.1, -0.05) is 24.3 Å². The van der Waals surface area contributed by atoms with Crippen LogP contribution in [0.1, 0.15) is 42.7 Å². The van der Waals surface area contributed by atoms with E-state index in [-0.39, 0.29) is 0 Å². The third-order valence-corrected chi connectivity index (χ3v) is 10.3. The molecular weight excluding hydrogens is 516 g/mol. The Morgan fingerprint density at radius 2 is 1.40 bits per heavy atom. The molecule has 0 spiro atoms. The van der Waals surface area contributed by atoms with Crippen LogP contribution in [-0.4, -0.2) is 73.3 Å². The monoisotopic (exact) mass is 556 g/mol. The number of likely N-dealkylation sites (tertiary alicyclic amines) is 2. The Morgan fingerprint density at radius 1 is 0.775 bits per heavy atom. The van der Waals surface area contributed by atoms with Gasteiger partial charge in [0, 0.05) is 24.9 Å². The first-order chi connectivity index (χ1) is 19.2. The van der Waals surface area contributed by atoms with Crippen molar-refractivity contribution in [2.24, 2.45) is 7.05 Å². The lowest BCUT2D eigenvalue weighted by Gasteiger charge is -2.41. The van der Waals surface area contributed by atoms with Crippen molar-refractivity contribution in [3.63, 3.8) is 0 Å². The maximum absolute atomic E-state index is 11.9. The van der Waals surface area contributed by atoms with Gasteiger partial charge in [0.15, 0.2) is 9.84 Å². The largest absolute Gasteiger partial charge is 0.327 e. The predicted octanol–water partition coefficient (Wildman–Crippen LogP) is 5.89. The van der Waals surface area contributed by atoms with Crippen LogP contribution in [0.25, 0.3) is 33.5 Å². The molecule has 210 valence electrons. The molecule has 6 nitrogen and oxygen atoms in total. The summed E-state index contributed by atoms with van der Waals surface area (Å²) in [5.41, 5.74) is 7.95. The summed E-state index contributed by atoms with van der Waals surface area (Å²) in [5.74, 6) is 1.48. The second-order valence-corrected chi connectivity index (χ2v) is 13.9. The molecule has 0 amide bonds. The fourth-order valence-electron chi connectivity index (χ4n) is 6.64. The number of aromatic nitrogens is 2. The second kappa shape index (κ2) is 10.8. The lowest BCUT2D eigenvalue weighted by atomic mass is 9.87. The number of aryl methyl sites for hydroxylation is 2. The molecule has 0 atom stereocenters. The zero-order valence-electron chi connectivity index (χ0n) is 24.1. The summed E-state index contributed by atoms with van der Waals surface area (Å²) in [7, 11) is 1.04. The summed E-state index contributed by atoms with van der Waals surface area (Å²) < 4.78 is 25.9. The molecule has 0 bridgehead atoms. The van der Waals surface area contributed by atoms with E-state index in [2.05, 4.69) is 64.7 Å². The molecule has 6 rings (SSSR count). The summed E-state index contributed by atoms with van der Waals surface area (Å²) in [5, 5.41) is 0. The van der Waals surface area contributed by atoms with Crippen molar-refractivity contribution in [1.82, 2.24) is 19.4 Å². The molecule has 2 fully saturated rings. The maximum Gasteiger partial charge on any atom is 0.175 e. The van der Waals surface area contributed by atoms with Crippen LogP contribution in [0, 0.1) is 6.92 Å². The van der Waals surface area contributed by atoms with Crippen LogP contribution in [0.4, 0.5) is 0 Å². The molecule has 0 radical (unpaired) electrons. The van der Waals surface area contributed by atoms with Crippen molar-refractivity contribution >= 4 is 20.9 Å². The third kappa shape index (κ3) is 5.35. The molecule has 0 unspecified atom stereocenters. The van der Waals surface area contributed by atoms with E-state index in [0.29, 0.717) is 10.8 Å². The molecule has 2 saturated heterocycles. The van der Waals surface area contributed by atoms with Gasteiger partial charge < -0.3 is 14.4 Å². The number of hydrogen-bond donors (Lipinski definition) is 0. The van der Waals surface area contributed by atoms with Crippen LogP contribution in [0.15, 0.2) is 65.6 Å². The van der Waals surface area contributed by atoms with E-state index in [0.717, 1.165) is 34.0 Å². The normalized spacial score (nSPS) is 18.5. The van der Waals surface area contributed by atoms with E-state index >= 15 is 0 Å². The predicted molar refractivity (Wildman–Crippen MR) is 163 cm³/mol. The van der Waals surface area contributed by atoms with E-state index in [1.54, 1.807) is 12.1 Å². The van der Waals surface area contributed by atoms with Crippen LogP contribution in [-0.2, 0) is 16.9 Å². The highest BCUT2D eigenvalue weighted by Crippen LogP contribution is 2.34. The first-order valence-electron chi connectivity index (χ1n) is 14.5. The first-order valence-corrected chi connectivity index (χ1v) is 16.4. The van der Waals surface area contributed by atoms with Crippen molar-refractivity contribution in [3.8, 4) is 22.5 Å². The summed E-state index contributed by atoms with van der Waals surface area (Å²) in [6, 6.07) is 21.4. The summed E-state index contributed by atoms with van der Waals surface area (Å²) in [6.07, 6.45) is 6.36. The summed E-state index contributed by atoms with van der Waals surface area (Å²) in [6.45, 7) is 7.01. The zero-order valence-corrected chi connectivity index (χ0v) is 24.9. The number of piperidine rings is 2. The van der Waals surface area contributed by atoms with E-state index in [4.69, 9.17) is 4.98 Å². The fourth-order valence-corrected chi connectivity index (χ4v) is 7.27. The van der Waals surface area contributed by atoms with E-state index in [1.807, 2.05) is 19.2 Å². The molecule has 4 aromatic rings. The van der Waals surface area contributed by atoms with Gasteiger partial charge in [0.1, 0.15) is 5.82 Å². The second-order valence-electron chi connectivity index (χ2n) is 11.9. The topological polar surface area (TPSA) is 58.4 Å². The fraction of sp³-hybridized carbons (Fsp3) is 0.424. The van der Waals surface area contributed by atoms with Crippen LogP contribution in [0.3, 0.4) is 0 Å². The van der Waals surface area contributed by atoms with Crippen LogP contribution in [0.2, 0.25) is 0 Å². The average Bonchev–Trinajstić information content (AvgIpc) is 3.30. The Labute approximate surface area is 238 Å². The molecule has 7 heteroatoms. The highest BCUT2D eigenvalue weighted by atomic mass is 32.2. The van der Waals surface area contributed by atoms with Gasteiger partial charge >= 0.3 is 0 Å². The van der Waals surface area contributed by atoms with Crippen LogP contribution in [0.5, 0.6) is 0 Å². The SMILES string of the molecule is Cc1cc(-c2ccc(C3CCN(C4CCN(C)CC4)CC3)cc2)cc2c1nc(-c1ccc(S(C)(=O)=O)cc1)n2C. The van der Waals surface area contributed by atoms with Crippen molar-refractivity contribution in [2.75, 3.05) is 39.5 Å².